The highest BCUT2D eigenvalue weighted by molar-refractivity contribution is 5.92. The Balaban J connectivity index is 2.48. The normalized spacial score (nSPS) is 10.7. The summed E-state index contributed by atoms with van der Waals surface area (Å²) in [5.41, 5.74) is 1.78. The standard InChI is InChI=1S/C15H24N2O3/c1-11(2)20-14-6-5-13(9-12(14)3)17-15(18)10-16-7-8-19-4/h5-6,9,11,16H,7-8,10H2,1-4H3,(H,17,18). The summed E-state index contributed by atoms with van der Waals surface area (Å²) >= 11 is 0. The minimum atomic E-state index is -0.0713. The van der Waals surface area contributed by atoms with Crippen LogP contribution in [0, 0.1) is 6.92 Å². The van der Waals surface area contributed by atoms with Crippen LogP contribution in [0.15, 0.2) is 18.2 Å². The number of carbonyl (C=O) groups excluding carboxylic acids is 1. The number of nitrogens with one attached hydrogen (secondary N) is 2. The number of rotatable bonds is 8. The summed E-state index contributed by atoms with van der Waals surface area (Å²) < 4.78 is 10.6. The molecule has 1 rings (SSSR count). The van der Waals surface area contributed by atoms with E-state index in [-0.39, 0.29) is 18.6 Å². The van der Waals surface area contributed by atoms with Gasteiger partial charge in [0.25, 0.3) is 0 Å². The van der Waals surface area contributed by atoms with Gasteiger partial charge in [-0.05, 0) is 44.5 Å². The molecule has 20 heavy (non-hydrogen) atoms. The quantitative estimate of drug-likeness (QED) is 0.715. The zero-order valence-electron chi connectivity index (χ0n) is 12.7. The van der Waals surface area contributed by atoms with Gasteiger partial charge < -0.3 is 20.1 Å². The number of hydrogen-bond acceptors (Lipinski definition) is 4. The molecule has 0 fully saturated rings. The number of amides is 1. The number of carbonyl (C=O) groups is 1. The predicted octanol–water partition coefficient (Wildman–Crippen LogP) is 1.96. The van der Waals surface area contributed by atoms with Crippen LogP contribution in [0.1, 0.15) is 19.4 Å². The predicted molar refractivity (Wildman–Crippen MR) is 80.3 cm³/mol. The highest BCUT2D eigenvalue weighted by Gasteiger charge is 2.06. The number of hydrogen-bond donors (Lipinski definition) is 2. The third-order valence-electron chi connectivity index (χ3n) is 2.59. The summed E-state index contributed by atoms with van der Waals surface area (Å²) in [5.74, 6) is 0.772. The lowest BCUT2D eigenvalue weighted by Crippen LogP contribution is -2.30. The van der Waals surface area contributed by atoms with E-state index in [0.717, 1.165) is 17.0 Å². The maximum absolute atomic E-state index is 11.7. The molecule has 0 bridgehead atoms. The van der Waals surface area contributed by atoms with Gasteiger partial charge in [0.05, 0.1) is 19.3 Å². The van der Waals surface area contributed by atoms with Crippen molar-refractivity contribution >= 4 is 11.6 Å². The number of ether oxygens (including phenoxy) is 2. The SMILES string of the molecule is COCCNCC(=O)Nc1ccc(OC(C)C)c(C)c1. The Morgan fingerprint density at radius 2 is 2.10 bits per heavy atom. The van der Waals surface area contributed by atoms with E-state index in [9.17, 15) is 4.79 Å². The molecule has 0 aliphatic heterocycles. The monoisotopic (exact) mass is 280 g/mol. The van der Waals surface area contributed by atoms with Gasteiger partial charge in [-0.1, -0.05) is 0 Å². The lowest BCUT2D eigenvalue weighted by Gasteiger charge is -2.14. The first-order chi connectivity index (χ1) is 9.52. The van der Waals surface area contributed by atoms with Crippen molar-refractivity contribution in [2.45, 2.75) is 26.9 Å². The Morgan fingerprint density at radius 1 is 1.35 bits per heavy atom. The van der Waals surface area contributed by atoms with Crippen LogP contribution in [0.2, 0.25) is 0 Å². The second-order valence-corrected chi connectivity index (χ2v) is 4.86. The summed E-state index contributed by atoms with van der Waals surface area (Å²) in [7, 11) is 1.63. The Bertz CT molecular complexity index is 433. The zero-order chi connectivity index (χ0) is 15.0. The van der Waals surface area contributed by atoms with E-state index in [1.165, 1.54) is 0 Å². The second kappa shape index (κ2) is 8.55. The number of methoxy groups -OCH3 is 1. The van der Waals surface area contributed by atoms with Gasteiger partial charge in [-0.3, -0.25) is 4.79 Å². The number of benzene rings is 1. The van der Waals surface area contributed by atoms with Crippen LogP contribution in [-0.4, -0.2) is 38.8 Å². The van der Waals surface area contributed by atoms with E-state index in [4.69, 9.17) is 9.47 Å². The van der Waals surface area contributed by atoms with Crippen molar-refractivity contribution in [2.24, 2.45) is 0 Å². The average molecular weight is 280 g/mol. The number of anilines is 1. The van der Waals surface area contributed by atoms with E-state index in [1.54, 1.807) is 7.11 Å². The lowest BCUT2D eigenvalue weighted by molar-refractivity contribution is -0.115. The molecular weight excluding hydrogens is 256 g/mol. The third kappa shape index (κ3) is 6.04. The fraction of sp³-hybridized carbons (Fsp3) is 0.533. The minimum absolute atomic E-state index is 0.0713. The second-order valence-electron chi connectivity index (χ2n) is 4.86. The molecule has 0 aliphatic rings. The average Bonchev–Trinajstić information content (AvgIpc) is 2.37. The van der Waals surface area contributed by atoms with Crippen LogP contribution >= 0.6 is 0 Å². The summed E-state index contributed by atoms with van der Waals surface area (Å²) in [6.07, 6.45) is 0.138. The molecule has 0 aliphatic carbocycles. The van der Waals surface area contributed by atoms with Crippen LogP contribution < -0.4 is 15.4 Å². The molecule has 0 radical (unpaired) electrons. The molecule has 0 saturated heterocycles. The van der Waals surface area contributed by atoms with E-state index < -0.39 is 0 Å². The van der Waals surface area contributed by atoms with Crippen molar-refractivity contribution in [3.05, 3.63) is 23.8 Å². The van der Waals surface area contributed by atoms with Crippen LogP contribution in [0.25, 0.3) is 0 Å². The highest BCUT2D eigenvalue weighted by atomic mass is 16.5. The fourth-order valence-electron chi connectivity index (χ4n) is 1.69. The van der Waals surface area contributed by atoms with Crippen molar-refractivity contribution in [1.29, 1.82) is 0 Å². The van der Waals surface area contributed by atoms with Gasteiger partial charge in [0.2, 0.25) is 5.91 Å². The van der Waals surface area contributed by atoms with Crippen molar-refractivity contribution in [1.82, 2.24) is 5.32 Å². The molecule has 0 spiro atoms. The van der Waals surface area contributed by atoms with Crippen LogP contribution in [0.3, 0.4) is 0 Å². The van der Waals surface area contributed by atoms with Crippen molar-refractivity contribution in [3.8, 4) is 5.75 Å². The summed E-state index contributed by atoms with van der Waals surface area (Å²) in [5, 5.41) is 5.84. The van der Waals surface area contributed by atoms with Gasteiger partial charge >= 0.3 is 0 Å². The first-order valence-electron chi connectivity index (χ1n) is 6.79. The Labute approximate surface area is 120 Å². The first-order valence-corrected chi connectivity index (χ1v) is 6.79. The number of aryl methyl sites for hydroxylation is 1. The zero-order valence-corrected chi connectivity index (χ0v) is 12.7. The molecule has 0 atom stereocenters. The van der Waals surface area contributed by atoms with Gasteiger partial charge in [0.1, 0.15) is 5.75 Å². The summed E-state index contributed by atoms with van der Waals surface area (Å²) in [6, 6.07) is 5.63. The molecule has 0 aromatic heterocycles. The molecule has 5 nitrogen and oxygen atoms in total. The summed E-state index contributed by atoms with van der Waals surface area (Å²) in [4.78, 5) is 11.7. The van der Waals surface area contributed by atoms with E-state index >= 15 is 0 Å². The van der Waals surface area contributed by atoms with Gasteiger partial charge in [0, 0.05) is 19.3 Å². The Hall–Kier alpha value is -1.59. The van der Waals surface area contributed by atoms with E-state index in [1.807, 2.05) is 39.0 Å². The molecule has 5 heteroatoms. The fourth-order valence-corrected chi connectivity index (χ4v) is 1.69. The molecule has 0 unspecified atom stereocenters. The smallest absolute Gasteiger partial charge is 0.238 e. The molecular formula is C15H24N2O3. The molecule has 1 amide bonds. The van der Waals surface area contributed by atoms with Gasteiger partial charge in [-0.2, -0.15) is 0 Å². The van der Waals surface area contributed by atoms with Gasteiger partial charge in [0.15, 0.2) is 0 Å². The Morgan fingerprint density at radius 3 is 2.70 bits per heavy atom. The molecule has 112 valence electrons. The van der Waals surface area contributed by atoms with Crippen molar-refractivity contribution < 1.29 is 14.3 Å². The van der Waals surface area contributed by atoms with Crippen molar-refractivity contribution in [2.75, 3.05) is 32.1 Å². The molecule has 0 saturated carbocycles. The third-order valence-corrected chi connectivity index (χ3v) is 2.59. The van der Waals surface area contributed by atoms with Crippen molar-refractivity contribution in [3.63, 3.8) is 0 Å². The minimum Gasteiger partial charge on any atom is -0.491 e. The Kier molecular flexibility index (Phi) is 7.04. The van der Waals surface area contributed by atoms with Crippen LogP contribution in [-0.2, 0) is 9.53 Å². The van der Waals surface area contributed by atoms with Crippen LogP contribution in [0.5, 0.6) is 5.75 Å². The molecule has 1 aromatic carbocycles. The highest BCUT2D eigenvalue weighted by Crippen LogP contribution is 2.22. The topological polar surface area (TPSA) is 59.6 Å². The summed E-state index contributed by atoms with van der Waals surface area (Å²) in [6.45, 7) is 7.45. The maximum atomic E-state index is 11.7. The maximum Gasteiger partial charge on any atom is 0.238 e. The largest absolute Gasteiger partial charge is 0.491 e. The van der Waals surface area contributed by atoms with E-state index in [2.05, 4.69) is 10.6 Å². The molecule has 1 aromatic rings. The molecule has 2 N–H and O–H groups in total. The molecule has 0 heterocycles. The lowest BCUT2D eigenvalue weighted by atomic mass is 10.2. The van der Waals surface area contributed by atoms with E-state index in [0.29, 0.717) is 13.2 Å². The first kappa shape index (κ1) is 16.5. The van der Waals surface area contributed by atoms with Gasteiger partial charge in [-0.15, -0.1) is 0 Å². The van der Waals surface area contributed by atoms with Crippen LogP contribution in [0.4, 0.5) is 5.69 Å². The van der Waals surface area contributed by atoms with Gasteiger partial charge in [-0.25, -0.2) is 0 Å².